The predicted octanol–water partition coefficient (Wildman–Crippen LogP) is 6.67. The number of aromatic nitrogens is 2. The Morgan fingerprint density at radius 3 is 2.20 bits per heavy atom. The molecule has 2 amide bonds. The third-order valence-electron chi connectivity index (χ3n) is 8.98. The van der Waals surface area contributed by atoms with Gasteiger partial charge in [-0.25, -0.2) is 0 Å². The molecule has 0 radical (unpaired) electrons. The highest BCUT2D eigenvalue weighted by atomic mass is 16.4. The van der Waals surface area contributed by atoms with Crippen LogP contribution < -0.4 is 0 Å². The van der Waals surface area contributed by atoms with Gasteiger partial charge in [0.15, 0.2) is 0 Å². The van der Waals surface area contributed by atoms with Gasteiger partial charge in [0, 0.05) is 64.5 Å². The number of nitrogens with one attached hydrogen (secondary N) is 2. The van der Waals surface area contributed by atoms with Crippen molar-refractivity contribution in [3.8, 4) is 11.1 Å². The van der Waals surface area contributed by atoms with Crippen LogP contribution in [0, 0.1) is 0 Å². The van der Waals surface area contributed by atoms with E-state index in [0.29, 0.717) is 48.3 Å². The van der Waals surface area contributed by atoms with Crippen molar-refractivity contribution in [1.82, 2.24) is 19.8 Å². The fourth-order valence-electron chi connectivity index (χ4n) is 6.66. The summed E-state index contributed by atoms with van der Waals surface area (Å²) >= 11 is 0. The lowest BCUT2D eigenvalue weighted by Gasteiger charge is -2.28. The van der Waals surface area contributed by atoms with Gasteiger partial charge >= 0.3 is 5.97 Å². The third kappa shape index (κ3) is 5.54. The van der Waals surface area contributed by atoms with Crippen molar-refractivity contribution >= 4 is 39.6 Å². The lowest BCUT2D eigenvalue weighted by molar-refractivity contribution is -0.137. The summed E-state index contributed by atoms with van der Waals surface area (Å²) in [5.41, 5.74) is 7.75. The average molecular weight is 611 g/mol. The number of nitrogens with zero attached hydrogens (tertiary/aromatic N) is 2. The van der Waals surface area contributed by atoms with E-state index in [2.05, 4.69) is 22.1 Å². The SMILES string of the molecule is O=C(O)CCN(CCc1c[nH]c2ccccc12)C(=O)c1ccccc1-c1ccccc1C(=O)N1CCc2c([nH]c3ccccc23)C1. The quantitative estimate of drug-likeness (QED) is 0.170. The first kappa shape index (κ1) is 29.1. The Bertz CT molecular complexity index is 2090. The van der Waals surface area contributed by atoms with E-state index in [9.17, 15) is 19.5 Å². The summed E-state index contributed by atoms with van der Waals surface area (Å²) in [5.74, 6) is -1.32. The van der Waals surface area contributed by atoms with Crippen LogP contribution in [0.5, 0.6) is 0 Å². The third-order valence-corrected chi connectivity index (χ3v) is 8.98. The minimum Gasteiger partial charge on any atom is -0.481 e. The highest BCUT2D eigenvalue weighted by Gasteiger charge is 2.28. The second kappa shape index (κ2) is 12.4. The van der Waals surface area contributed by atoms with Gasteiger partial charge in [-0.2, -0.15) is 0 Å². The minimum absolute atomic E-state index is 0.0754. The number of aromatic amines is 2. The van der Waals surface area contributed by atoms with E-state index in [-0.39, 0.29) is 24.8 Å². The fraction of sp³-hybridized carbons (Fsp3) is 0.184. The van der Waals surface area contributed by atoms with Crippen LogP contribution in [0.2, 0.25) is 0 Å². The van der Waals surface area contributed by atoms with Crippen molar-refractivity contribution in [2.45, 2.75) is 25.8 Å². The second-order valence-electron chi connectivity index (χ2n) is 11.7. The number of carboxylic acids is 1. The topological polar surface area (TPSA) is 110 Å². The molecule has 0 unspecified atom stereocenters. The Labute approximate surface area is 266 Å². The summed E-state index contributed by atoms with van der Waals surface area (Å²) in [4.78, 5) is 50.1. The number of carboxylic acid groups (broad SMARTS) is 1. The van der Waals surface area contributed by atoms with Crippen molar-refractivity contribution in [3.63, 3.8) is 0 Å². The molecular weight excluding hydrogens is 576 g/mol. The number of hydrogen-bond donors (Lipinski definition) is 3. The first-order valence-electron chi connectivity index (χ1n) is 15.6. The molecule has 2 aromatic heterocycles. The number of amides is 2. The Morgan fingerprint density at radius 2 is 1.41 bits per heavy atom. The van der Waals surface area contributed by atoms with Gasteiger partial charge < -0.3 is 24.9 Å². The van der Waals surface area contributed by atoms with E-state index < -0.39 is 5.97 Å². The first-order chi connectivity index (χ1) is 22.5. The maximum atomic E-state index is 14.2. The number of carbonyl (C=O) groups is 3. The largest absolute Gasteiger partial charge is 0.481 e. The van der Waals surface area contributed by atoms with Crippen molar-refractivity contribution in [2.75, 3.05) is 19.6 Å². The van der Waals surface area contributed by atoms with Crippen LogP contribution >= 0.6 is 0 Å². The zero-order valence-electron chi connectivity index (χ0n) is 25.3. The molecular formula is C38H34N4O4. The summed E-state index contributed by atoms with van der Waals surface area (Å²) in [7, 11) is 0. The highest BCUT2D eigenvalue weighted by Crippen LogP contribution is 2.32. The molecule has 0 saturated heterocycles. The van der Waals surface area contributed by atoms with E-state index >= 15 is 0 Å². The van der Waals surface area contributed by atoms with Crippen molar-refractivity contribution in [2.24, 2.45) is 0 Å². The average Bonchev–Trinajstić information content (AvgIpc) is 3.68. The highest BCUT2D eigenvalue weighted by molar-refractivity contribution is 6.06. The van der Waals surface area contributed by atoms with Crippen LogP contribution in [0.3, 0.4) is 0 Å². The smallest absolute Gasteiger partial charge is 0.305 e. The molecule has 3 N–H and O–H groups in total. The predicted molar refractivity (Wildman–Crippen MR) is 179 cm³/mol. The number of hydrogen-bond acceptors (Lipinski definition) is 3. The number of aliphatic carboxylic acids is 1. The lowest BCUT2D eigenvalue weighted by atomic mass is 9.93. The van der Waals surface area contributed by atoms with Gasteiger partial charge in [-0.3, -0.25) is 14.4 Å². The zero-order valence-corrected chi connectivity index (χ0v) is 25.3. The summed E-state index contributed by atoms with van der Waals surface area (Å²) < 4.78 is 0. The molecule has 0 bridgehead atoms. The summed E-state index contributed by atoms with van der Waals surface area (Å²) in [6.45, 7) is 1.50. The van der Waals surface area contributed by atoms with Crippen molar-refractivity contribution in [1.29, 1.82) is 0 Å². The molecule has 4 aromatic carbocycles. The van der Waals surface area contributed by atoms with Crippen LogP contribution in [0.4, 0.5) is 0 Å². The molecule has 0 aliphatic carbocycles. The maximum Gasteiger partial charge on any atom is 0.305 e. The number of para-hydroxylation sites is 2. The normalized spacial score (nSPS) is 12.7. The molecule has 1 aliphatic rings. The molecule has 8 heteroatoms. The molecule has 1 aliphatic heterocycles. The first-order valence-corrected chi connectivity index (χ1v) is 15.6. The molecule has 6 aromatic rings. The van der Waals surface area contributed by atoms with Gasteiger partial charge in [-0.1, -0.05) is 72.8 Å². The van der Waals surface area contributed by atoms with Gasteiger partial charge in [0.05, 0.1) is 13.0 Å². The number of carbonyl (C=O) groups excluding carboxylic acids is 2. The van der Waals surface area contributed by atoms with Crippen LogP contribution in [0.1, 0.15) is 44.0 Å². The van der Waals surface area contributed by atoms with Gasteiger partial charge in [0.2, 0.25) is 0 Å². The molecule has 8 nitrogen and oxygen atoms in total. The number of rotatable bonds is 9. The van der Waals surface area contributed by atoms with Crippen molar-refractivity contribution < 1.29 is 19.5 Å². The van der Waals surface area contributed by atoms with E-state index in [1.165, 1.54) is 10.9 Å². The van der Waals surface area contributed by atoms with E-state index in [0.717, 1.165) is 34.1 Å². The maximum absolute atomic E-state index is 14.2. The molecule has 46 heavy (non-hydrogen) atoms. The molecule has 0 fully saturated rings. The Hall–Kier alpha value is -5.63. The lowest BCUT2D eigenvalue weighted by Crippen LogP contribution is -2.36. The Morgan fingerprint density at radius 1 is 0.761 bits per heavy atom. The summed E-state index contributed by atoms with van der Waals surface area (Å²) in [6.07, 6.45) is 3.11. The molecule has 0 atom stereocenters. The van der Waals surface area contributed by atoms with Gasteiger partial charge in [-0.15, -0.1) is 0 Å². The summed E-state index contributed by atoms with van der Waals surface area (Å²) in [5, 5.41) is 11.8. The summed E-state index contributed by atoms with van der Waals surface area (Å²) in [6, 6.07) is 30.9. The van der Waals surface area contributed by atoms with Gasteiger partial charge in [-0.05, 0) is 59.4 Å². The molecule has 0 saturated carbocycles. The molecule has 7 rings (SSSR count). The Balaban J connectivity index is 1.17. The van der Waals surface area contributed by atoms with E-state index in [1.54, 1.807) is 17.0 Å². The zero-order chi connectivity index (χ0) is 31.6. The van der Waals surface area contributed by atoms with Crippen LogP contribution in [-0.2, 0) is 24.2 Å². The number of H-pyrrole nitrogens is 2. The molecule has 0 spiro atoms. The van der Waals surface area contributed by atoms with E-state index in [1.807, 2.05) is 83.9 Å². The number of benzene rings is 4. The fourth-order valence-corrected chi connectivity index (χ4v) is 6.66. The van der Waals surface area contributed by atoms with Gasteiger partial charge in [0.25, 0.3) is 11.8 Å². The standard InChI is InChI=1S/C38H34N4O4/c43-36(44)19-22-41(20-17-25-23-39-33-15-7-5-9-26(25)33)37(45)31-13-3-1-10-27(31)28-11-2-4-14-32(28)38(46)42-21-18-30-29-12-6-8-16-34(29)40-35(30)24-42/h1-16,23,39-40H,17-22,24H2,(H,43,44). The molecule has 230 valence electrons. The number of fused-ring (bicyclic) bond motifs is 4. The van der Waals surface area contributed by atoms with Crippen molar-refractivity contribution in [3.05, 3.63) is 131 Å². The van der Waals surface area contributed by atoms with E-state index in [4.69, 9.17) is 0 Å². The van der Waals surface area contributed by atoms with Crippen LogP contribution in [0.25, 0.3) is 32.9 Å². The second-order valence-corrected chi connectivity index (χ2v) is 11.7. The molecule has 3 heterocycles. The minimum atomic E-state index is -0.964. The van der Waals surface area contributed by atoms with Gasteiger partial charge in [0.1, 0.15) is 0 Å². The Kier molecular flexibility index (Phi) is 7.84. The van der Waals surface area contributed by atoms with Crippen LogP contribution in [-0.4, -0.2) is 62.3 Å². The monoisotopic (exact) mass is 610 g/mol. The van der Waals surface area contributed by atoms with Crippen LogP contribution in [0.15, 0.2) is 103 Å².